The van der Waals surface area contributed by atoms with E-state index < -0.39 is 0 Å². The molecule has 0 fully saturated rings. The highest BCUT2D eigenvalue weighted by Crippen LogP contribution is 2.17. The first-order chi connectivity index (χ1) is 11.6. The number of carbonyl (C=O) groups excluding carboxylic acids is 2. The monoisotopic (exact) mass is 325 g/mol. The minimum atomic E-state index is -0.364. The van der Waals surface area contributed by atoms with Gasteiger partial charge in [-0.2, -0.15) is 0 Å². The highest BCUT2D eigenvalue weighted by Gasteiger charge is 2.19. The summed E-state index contributed by atoms with van der Waals surface area (Å²) in [6, 6.07) is 18.5. The van der Waals surface area contributed by atoms with Gasteiger partial charge in [-0.15, -0.1) is 0 Å². The predicted octanol–water partition coefficient (Wildman–Crippen LogP) is 2.71. The molecule has 0 bridgehead atoms. The Morgan fingerprint density at radius 3 is 2.12 bits per heavy atom. The third kappa shape index (κ3) is 5.43. The maximum Gasteiger partial charge on any atom is 0.315 e. The van der Waals surface area contributed by atoms with Crippen molar-refractivity contribution in [2.45, 2.75) is 19.0 Å². The first kappa shape index (κ1) is 17.5. The minimum absolute atomic E-state index is 0.0350. The molecule has 2 aromatic carbocycles. The number of carbonyl (C=O) groups is 2. The minimum Gasteiger partial charge on any atom is -0.349 e. The van der Waals surface area contributed by atoms with Gasteiger partial charge in [0.15, 0.2) is 0 Å². The second-order valence-corrected chi connectivity index (χ2v) is 5.77. The number of benzene rings is 2. The lowest BCUT2D eigenvalue weighted by Gasteiger charge is -2.21. The van der Waals surface area contributed by atoms with E-state index in [1.165, 1.54) is 4.90 Å². The van der Waals surface area contributed by atoms with Gasteiger partial charge in [-0.1, -0.05) is 60.7 Å². The molecule has 0 saturated carbocycles. The zero-order valence-electron chi connectivity index (χ0n) is 14.0. The molecule has 0 aliphatic rings. The Balaban J connectivity index is 1.99. The molecular weight excluding hydrogens is 302 g/mol. The fraction of sp³-hybridized carbons (Fsp3) is 0.263. The zero-order valence-corrected chi connectivity index (χ0v) is 14.0. The molecule has 0 aliphatic heterocycles. The molecule has 126 valence electrons. The first-order valence-corrected chi connectivity index (χ1v) is 7.89. The fourth-order valence-electron chi connectivity index (χ4n) is 2.28. The SMILES string of the molecule is CN(C)C(=O)C[C@@H](NC(=O)NCc1ccccc1)c1ccccc1. The molecule has 1 atom stereocenters. The summed E-state index contributed by atoms with van der Waals surface area (Å²) in [7, 11) is 3.42. The van der Waals surface area contributed by atoms with Crippen molar-refractivity contribution in [2.24, 2.45) is 0 Å². The Labute approximate surface area is 142 Å². The molecule has 2 rings (SSSR count). The molecule has 0 aliphatic carbocycles. The second-order valence-electron chi connectivity index (χ2n) is 5.77. The topological polar surface area (TPSA) is 61.4 Å². The number of hydrogen-bond donors (Lipinski definition) is 2. The molecule has 0 aromatic heterocycles. The predicted molar refractivity (Wildman–Crippen MR) is 94.3 cm³/mol. The molecule has 0 heterocycles. The van der Waals surface area contributed by atoms with Crippen molar-refractivity contribution < 1.29 is 9.59 Å². The van der Waals surface area contributed by atoms with E-state index in [1.807, 2.05) is 60.7 Å². The molecule has 0 radical (unpaired) electrons. The molecule has 3 amide bonds. The van der Waals surface area contributed by atoms with Crippen LogP contribution in [0.5, 0.6) is 0 Å². The van der Waals surface area contributed by atoms with Crippen molar-refractivity contribution in [3.63, 3.8) is 0 Å². The van der Waals surface area contributed by atoms with Crippen molar-refractivity contribution in [1.29, 1.82) is 0 Å². The summed E-state index contributed by atoms with van der Waals surface area (Å²) >= 11 is 0. The second kappa shape index (κ2) is 8.72. The average Bonchev–Trinajstić information content (AvgIpc) is 2.61. The summed E-state index contributed by atoms with van der Waals surface area (Å²) in [5.74, 6) is -0.0350. The highest BCUT2D eigenvalue weighted by molar-refractivity contribution is 5.79. The van der Waals surface area contributed by atoms with E-state index >= 15 is 0 Å². The molecule has 0 spiro atoms. The van der Waals surface area contributed by atoms with Crippen LogP contribution in [0.4, 0.5) is 4.79 Å². The molecule has 5 nitrogen and oxygen atoms in total. The van der Waals surface area contributed by atoms with Gasteiger partial charge < -0.3 is 15.5 Å². The lowest BCUT2D eigenvalue weighted by molar-refractivity contribution is -0.129. The Hall–Kier alpha value is -2.82. The van der Waals surface area contributed by atoms with Gasteiger partial charge in [0.05, 0.1) is 12.5 Å². The van der Waals surface area contributed by atoms with Gasteiger partial charge in [-0.25, -0.2) is 4.79 Å². The maximum absolute atomic E-state index is 12.2. The number of rotatable bonds is 6. The first-order valence-electron chi connectivity index (χ1n) is 7.89. The van der Waals surface area contributed by atoms with Gasteiger partial charge in [0.1, 0.15) is 0 Å². The Bertz CT molecular complexity index is 657. The number of amides is 3. The Morgan fingerprint density at radius 2 is 1.54 bits per heavy atom. The van der Waals surface area contributed by atoms with Gasteiger partial charge in [0.2, 0.25) is 5.91 Å². The maximum atomic E-state index is 12.2. The number of urea groups is 1. The quantitative estimate of drug-likeness (QED) is 0.858. The molecule has 5 heteroatoms. The van der Waals surface area contributed by atoms with Crippen LogP contribution in [0, 0.1) is 0 Å². The number of nitrogens with one attached hydrogen (secondary N) is 2. The van der Waals surface area contributed by atoms with Crippen LogP contribution in [-0.2, 0) is 11.3 Å². The smallest absolute Gasteiger partial charge is 0.315 e. The van der Waals surface area contributed by atoms with Crippen molar-refractivity contribution in [3.05, 3.63) is 71.8 Å². The summed E-state index contributed by atoms with van der Waals surface area (Å²) < 4.78 is 0. The van der Waals surface area contributed by atoms with Crippen molar-refractivity contribution in [3.8, 4) is 0 Å². The summed E-state index contributed by atoms with van der Waals surface area (Å²) in [4.78, 5) is 25.8. The van der Waals surface area contributed by atoms with Crippen LogP contribution >= 0.6 is 0 Å². The largest absolute Gasteiger partial charge is 0.349 e. The van der Waals surface area contributed by atoms with Gasteiger partial charge in [0.25, 0.3) is 0 Å². The average molecular weight is 325 g/mol. The normalized spacial score (nSPS) is 11.4. The molecule has 2 aromatic rings. The van der Waals surface area contributed by atoms with Gasteiger partial charge in [-0.3, -0.25) is 4.79 Å². The van der Waals surface area contributed by atoms with E-state index in [2.05, 4.69) is 10.6 Å². The van der Waals surface area contributed by atoms with E-state index in [4.69, 9.17) is 0 Å². The fourth-order valence-corrected chi connectivity index (χ4v) is 2.28. The lowest BCUT2D eigenvalue weighted by atomic mass is 10.0. The molecular formula is C19H23N3O2. The Morgan fingerprint density at radius 1 is 0.958 bits per heavy atom. The van der Waals surface area contributed by atoms with E-state index in [0.29, 0.717) is 6.54 Å². The van der Waals surface area contributed by atoms with Crippen LogP contribution in [0.1, 0.15) is 23.6 Å². The van der Waals surface area contributed by atoms with Crippen LogP contribution in [0.25, 0.3) is 0 Å². The van der Waals surface area contributed by atoms with E-state index in [9.17, 15) is 9.59 Å². The molecule has 24 heavy (non-hydrogen) atoms. The van der Waals surface area contributed by atoms with Crippen LogP contribution in [0.3, 0.4) is 0 Å². The van der Waals surface area contributed by atoms with Crippen LogP contribution in [-0.4, -0.2) is 30.9 Å². The van der Waals surface area contributed by atoms with Crippen LogP contribution < -0.4 is 10.6 Å². The zero-order chi connectivity index (χ0) is 17.4. The van der Waals surface area contributed by atoms with Crippen molar-refractivity contribution in [1.82, 2.24) is 15.5 Å². The third-order valence-corrected chi connectivity index (χ3v) is 3.68. The van der Waals surface area contributed by atoms with E-state index in [1.54, 1.807) is 14.1 Å². The van der Waals surface area contributed by atoms with Crippen molar-refractivity contribution in [2.75, 3.05) is 14.1 Å². The standard InChI is InChI=1S/C19H23N3O2/c1-22(2)18(23)13-17(16-11-7-4-8-12-16)21-19(24)20-14-15-9-5-3-6-10-15/h3-12,17H,13-14H2,1-2H3,(H2,20,21,24)/t17-/m1/s1. The highest BCUT2D eigenvalue weighted by atomic mass is 16.2. The molecule has 0 unspecified atom stereocenters. The van der Waals surface area contributed by atoms with Gasteiger partial charge >= 0.3 is 6.03 Å². The van der Waals surface area contributed by atoms with Crippen LogP contribution in [0.2, 0.25) is 0 Å². The number of hydrogen-bond acceptors (Lipinski definition) is 2. The number of nitrogens with zero attached hydrogens (tertiary/aromatic N) is 1. The van der Waals surface area contributed by atoms with Crippen LogP contribution in [0.15, 0.2) is 60.7 Å². The van der Waals surface area contributed by atoms with Crippen molar-refractivity contribution >= 4 is 11.9 Å². The molecule has 2 N–H and O–H groups in total. The summed E-state index contributed by atoms with van der Waals surface area (Å²) in [5.41, 5.74) is 1.93. The summed E-state index contributed by atoms with van der Waals surface area (Å²) in [6.07, 6.45) is 0.218. The summed E-state index contributed by atoms with van der Waals surface area (Å²) in [5, 5.41) is 5.72. The van der Waals surface area contributed by atoms with E-state index in [-0.39, 0.29) is 24.4 Å². The third-order valence-electron chi connectivity index (χ3n) is 3.68. The summed E-state index contributed by atoms with van der Waals surface area (Å²) in [6.45, 7) is 0.440. The lowest BCUT2D eigenvalue weighted by Crippen LogP contribution is -2.39. The van der Waals surface area contributed by atoms with E-state index in [0.717, 1.165) is 11.1 Å². The Kier molecular flexibility index (Phi) is 6.37. The van der Waals surface area contributed by atoms with Gasteiger partial charge in [0, 0.05) is 20.6 Å². The van der Waals surface area contributed by atoms with Gasteiger partial charge in [-0.05, 0) is 11.1 Å². The molecule has 0 saturated heterocycles.